The molecule has 0 atom stereocenters. The lowest BCUT2D eigenvalue weighted by molar-refractivity contribution is 0.0434. The van der Waals surface area contributed by atoms with E-state index in [1.807, 2.05) is 0 Å². The maximum atomic E-state index is 6.10. The molecule has 0 unspecified atom stereocenters. The second-order valence-electron chi connectivity index (χ2n) is 6.26. The lowest BCUT2D eigenvalue weighted by Gasteiger charge is -2.47. The molecule has 100 valence electrons. The van der Waals surface area contributed by atoms with Crippen LogP contribution in [0.15, 0.2) is 0 Å². The van der Waals surface area contributed by atoms with Gasteiger partial charge in [0.05, 0.1) is 0 Å². The first-order valence-electron chi connectivity index (χ1n) is 7.26. The molecule has 1 saturated carbocycles. The second kappa shape index (κ2) is 5.68. The third kappa shape index (κ3) is 3.01. The van der Waals surface area contributed by atoms with Crippen LogP contribution in [0.3, 0.4) is 0 Å². The molecule has 0 aromatic rings. The van der Waals surface area contributed by atoms with Gasteiger partial charge in [0.25, 0.3) is 0 Å². The number of piperidine rings is 1. The van der Waals surface area contributed by atoms with Gasteiger partial charge in [-0.1, -0.05) is 12.8 Å². The smallest absolute Gasteiger partial charge is 0.0353 e. The number of rotatable bonds is 4. The van der Waals surface area contributed by atoms with E-state index in [0.717, 1.165) is 12.5 Å². The highest BCUT2D eigenvalue weighted by Gasteiger charge is 2.37. The molecule has 2 aliphatic rings. The highest BCUT2D eigenvalue weighted by atomic mass is 15.2. The fourth-order valence-electron chi connectivity index (χ4n) is 3.55. The molecule has 0 aromatic carbocycles. The van der Waals surface area contributed by atoms with Gasteiger partial charge in [0.15, 0.2) is 0 Å². The molecule has 1 aliphatic carbocycles. The minimum atomic E-state index is 0.287. The Bertz CT molecular complexity index is 228. The largest absolute Gasteiger partial charge is 0.329 e. The lowest BCUT2D eigenvalue weighted by atomic mass is 9.85. The van der Waals surface area contributed by atoms with Crippen LogP contribution in [0.1, 0.15) is 38.5 Å². The predicted molar refractivity (Wildman–Crippen MR) is 73.1 cm³/mol. The number of hydrogen-bond acceptors (Lipinski definition) is 3. The molecular formula is C14H29N3. The number of hydrogen-bond donors (Lipinski definition) is 1. The summed E-state index contributed by atoms with van der Waals surface area (Å²) in [6.07, 6.45) is 8.23. The molecule has 17 heavy (non-hydrogen) atoms. The zero-order chi connectivity index (χ0) is 12.3. The molecule has 1 saturated heterocycles. The normalized spacial score (nSPS) is 26.8. The van der Waals surface area contributed by atoms with Crippen LogP contribution in [-0.4, -0.2) is 55.6 Å². The molecule has 1 heterocycles. The van der Waals surface area contributed by atoms with Gasteiger partial charge in [0.1, 0.15) is 0 Å². The summed E-state index contributed by atoms with van der Waals surface area (Å²) in [7, 11) is 4.52. The molecule has 0 bridgehead atoms. The molecule has 2 fully saturated rings. The minimum Gasteiger partial charge on any atom is -0.329 e. The van der Waals surface area contributed by atoms with E-state index in [0.29, 0.717) is 0 Å². The van der Waals surface area contributed by atoms with E-state index >= 15 is 0 Å². The molecule has 0 amide bonds. The van der Waals surface area contributed by atoms with Crippen LogP contribution in [0, 0.1) is 5.92 Å². The zero-order valence-corrected chi connectivity index (χ0v) is 11.6. The Morgan fingerprint density at radius 2 is 1.82 bits per heavy atom. The van der Waals surface area contributed by atoms with Crippen LogP contribution in [0.4, 0.5) is 0 Å². The molecule has 2 N–H and O–H groups in total. The summed E-state index contributed by atoms with van der Waals surface area (Å²) in [4.78, 5) is 5.02. The minimum absolute atomic E-state index is 0.287. The standard InChI is InChI=1S/C14H29N3/c1-16-9-7-14(12-15,8-10-16)17(2)11-13-5-3-4-6-13/h13H,3-12,15H2,1-2H3. The van der Waals surface area contributed by atoms with Crippen molar-refractivity contribution in [1.82, 2.24) is 9.80 Å². The van der Waals surface area contributed by atoms with E-state index in [2.05, 4.69) is 23.9 Å². The number of nitrogens with two attached hydrogens (primary N) is 1. The van der Waals surface area contributed by atoms with Crippen molar-refractivity contribution in [3.05, 3.63) is 0 Å². The average molecular weight is 239 g/mol. The lowest BCUT2D eigenvalue weighted by Crippen LogP contribution is -2.58. The Kier molecular flexibility index (Phi) is 4.45. The summed E-state index contributed by atoms with van der Waals surface area (Å²) in [5, 5.41) is 0. The topological polar surface area (TPSA) is 32.5 Å². The molecule has 1 aliphatic heterocycles. The van der Waals surface area contributed by atoms with Crippen LogP contribution in [-0.2, 0) is 0 Å². The molecule has 0 aromatic heterocycles. The summed E-state index contributed by atoms with van der Waals surface area (Å²) >= 11 is 0. The van der Waals surface area contributed by atoms with Crippen LogP contribution in [0.5, 0.6) is 0 Å². The number of nitrogens with zero attached hydrogens (tertiary/aromatic N) is 2. The van der Waals surface area contributed by atoms with Crippen molar-refractivity contribution < 1.29 is 0 Å². The zero-order valence-electron chi connectivity index (χ0n) is 11.6. The van der Waals surface area contributed by atoms with E-state index in [9.17, 15) is 0 Å². The van der Waals surface area contributed by atoms with Gasteiger partial charge in [0.2, 0.25) is 0 Å². The Morgan fingerprint density at radius 1 is 1.24 bits per heavy atom. The van der Waals surface area contributed by atoms with E-state index in [-0.39, 0.29) is 5.54 Å². The average Bonchev–Trinajstić information content (AvgIpc) is 2.83. The first-order valence-corrected chi connectivity index (χ1v) is 7.26. The van der Waals surface area contributed by atoms with Crippen molar-refractivity contribution in [3.63, 3.8) is 0 Å². The van der Waals surface area contributed by atoms with Gasteiger partial charge in [-0.05, 0) is 58.8 Å². The van der Waals surface area contributed by atoms with Crippen LogP contribution in [0.2, 0.25) is 0 Å². The quantitative estimate of drug-likeness (QED) is 0.807. The van der Waals surface area contributed by atoms with Crippen molar-refractivity contribution in [3.8, 4) is 0 Å². The molecular weight excluding hydrogens is 210 g/mol. The maximum Gasteiger partial charge on any atom is 0.0353 e. The molecule has 3 nitrogen and oxygen atoms in total. The maximum absolute atomic E-state index is 6.10. The van der Waals surface area contributed by atoms with Crippen LogP contribution in [0.25, 0.3) is 0 Å². The van der Waals surface area contributed by atoms with E-state index in [1.54, 1.807) is 0 Å². The SMILES string of the molecule is CN1CCC(CN)(N(C)CC2CCCC2)CC1. The molecule has 3 heteroatoms. The number of likely N-dealkylation sites (tertiary alicyclic amines) is 1. The van der Waals surface area contributed by atoms with Gasteiger partial charge in [-0.25, -0.2) is 0 Å². The Hall–Kier alpha value is -0.120. The van der Waals surface area contributed by atoms with Gasteiger partial charge in [-0.15, -0.1) is 0 Å². The highest BCUT2D eigenvalue weighted by molar-refractivity contribution is 4.95. The monoisotopic (exact) mass is 239 g/mol. The van der Waals surface area contributed by atoms with Crippen molar-refractivity contribution in [2.75, 3.05) is 40.3 Å². The van der Waals surface area contributed by atoms with Gasteiger partial charge in [0, 0.05) is 18.6 Å². The van der Waals surface area contributed by atoms with Gasteiger partial charge in [-0.2, -0.15) is 0 Å². The van der Waals surface area contributed by atoms with E-state index in [1.165, 1.54) is 58.2 Å². The fraction of sp³-hybridized carbons (Fsp3) is 1.00. The highest BCUT2D eigenvalue weighted by Crippen LogP contribution is 2.31. The predicted octanol–water partition coefficient (Wildman–Crippen LogP) is 1.53. The van der Waals surface area contributed by atoms with Gasteiger partial charge < -0.3 is 10.6 Å². The first-order chi connectivity index (χ1) is 8.16. The summed E-state index contributed by atoms with van der Waals surface area (Å²) in [6, 6.07) is 0. The third-order valence-corrected chi connectivity index (χ3v) is 5.11. The second-order valence-corrected chi connectivity index (χ2v) is 6.26. The Balaban J connectivity index is 1.91. The van der Waals surface area contributed by atoms with Gasteiger partial charge >= 0.3 is 0 Å². The fourth-order valence-corrected chi connectivity index (χ4v) is 3.55. The Labute approximate surface area is 106 Å². The van der Waals surface area contributed by atoms with Crippen molar-refractivity contribution in [2.45, 2.75) is 44.1 Å². The summed E-state index contributed by atoms with van der Waals surface area (Å²) in [5.74, 6) is 0.933. The van der Waals surface area contributed by atoms with Crippen molar-refractivity contribution in [2.24, 2.45) is 11.7 Å². The molecule has 0 radical (unpaired) electrons. The van der Waals surface area contributed by atoms with Crippen molar-refractivity contribution in [1.29, 1.82) is 0 Å². The van der Waals surface area contributed by atoms with Crippen molar-refractivity contribution >= 4 is 0 Å². The van der Waals surface area contributed by atoms with Gasteiger partial charge in [-0.3, -0.25) is 4.90 Å². The summed E-state index contributed by atoms with van der Waals surface area (Å²) in [6.45, 7) is 4.49. The first kappa shape index (κ1) is 13.3. The van der Waals surface area contributed by atoms with E-state index in [4.69, 9.17) is 5.73 Å². The van der Waals surface area contributed by atoms with Crippen LogP contribution < -0.4 is 5.73 Å². The Morgan fingerprint density at radius 3 is 2.35 bits per heavy atom. The van der Waals surface area contributed by atoms with E-state index < -0.39 is 0 Å². The molecule has 2 rings (SSSR count). The summed E-state index contributed by atoms with van der Waals surface area (Å²) in [5.41, 5.74) is 6.39. The third-order valence-electron chi connectivity index (χ3n) is 5.11. The summed E-state index contributed by atoms with van der Waals surface area (Å²) < 4.78 is 0. The molecule has 0 spiro atoms. The number of likely N-dealkylation sites (N-methyl/N-ethyl adjacent to an activating group) is 1. The van der Waals surface area contributed by atoms with Crippen LogP contribution >= 0.6 is 0 Å².